The lowest BCUT2D eigenvalue weighted by Gasteiger charge is -2.11. The number of aromatic nitrogens is 2. The summed E-state index contributed by atoms with van der Waals surface area (Å²) in [5, 5.41) is 0.172. The molecule has 0 amide bonds. The molecule has 0 unspecified atom stereocenters. The molecule has 0 aliphatic carbocycles. The third-order valence-electron chi connectivity index (χ3n) is 2.52. The van der Waals surface area contributed by atoms with Crippen molar-refractivity contribution in [1.29, 1.82) is 0 Å². The molecule has 2 radical (unpaired) electrons. The minimum atomic E-state index is -3.82. The number of imidazole rings is 1. The Morgan fingerprint density at radius 3 is 2.29 bits per heavy atom. The van der Waals surface area contributed by atoms with Crippen molar-refractivity contribution in [2.75, 3.05) is 13.3 Å². The fourth-order valence-corrected chi connectivity index (χ4v) is 5.04. The van der Waals surface area contributed by atoms with Crippen molar-refractivity contribution in [1.82, 2.24) is 14.0 Å². The zero-order valence-corrected chi connectivity index (χ0v) is 13.8. The first-order valence-corrected chi connectivity index (χ1v) is 10.2. The van der Waals surface area contributed by atoms with Gasteiger partial charge in [-0.25, -0.2) is 13.4 Å². The molecule has 110 valence electrons. The predicted octanol–water partition coefficient (Wildman–Crippen LogP) is 1.14. The molecule has 21 heavy (non-hydrogen) atoms. The highest BCUT2D eigenvalue weighted by Crippen LogP contribution is 2.32. The summed E-state index contributed by atoms with van der Waals surface area (Å²) in [5.74, 6) is 0. The lowest BCUT2D eigenvalue weighted by atomic mass is 10.1. The van der Waals surface area contributed by atoms with Crippen LogP contribution in [0.5, 0.6) is 0 Å². The molecule has 0 fully saturated rings. The number of rotatable bonds is 4. The van der Waals surface area contributed by atoms with Gasteiger partial charge in [0, 0.05) is 24.6 Å². The van der Waals surface area contributed by atoms with Crippen LogP contribution in [0.3, 0.4) is 0 Å². The first-order valence-electron chi connectivity index (χ1n) is 5.78. The zero-order valence-electron chi connectivity index (χ0n) is 11.3. The summed E-state index contributed by atoms with van der Waals surface area (Å²) in [6, 6.07) is 5.89. The van der Waals surface area contributed by atoms with Gasteiger partial charge in [0.1, 0.15) is 19.3 Å². The maximum absolute atomic E-state index is 12.0. The van der Waals surface area contributed by atoms with Gasteiger partial charge in [0.15, 0.2) is 7.29 Å². The fraction of sp³-hybridized carbons (Fsp3) is 0.182. The van der Waals surface area contributed by atoms with Crippen LogP contribution >= 0.6 is 18.9 Å². The standard InChI is InChI=1S/C11H12BClN3O3PS/c1-20(2,17)15-21(18,19)9-5-3-8(4-6-9)16-7-14-11(13)10(16)12/h3-7H,1-2H3,(H,15,17). The van der Waals surface area contributed by atoms with E-state index in [4.69, 9.17) is 19.4 Å². The average molecular weight is 344 g/mol. The van der Waals surface area contributed by atoms with E-state index >= 15 is 0 Å². The van der Waals surface area contributed by atoms with Gasteiger partial charge in [0.25, 0.3) is 0 Å². The molecule has 2 aromatic rings. The van der Waals surface area contributed by atoms with E-state index in [1.165, 1.54) is 36.4 Å². The topological polar surface area (TPSA) is 81.1 Å². The smallest absolute Gasteiger partial charge is 0.246 e. The Morgan fingerprint density at radius 1 is 1.29 bits per heavy atom. The quantitative estimate of drug-likeness (QED) is 0.667. The van der Waals surface area contributed by atoms with E-state index in [1.54, 1.807) is 12.1 Å². The molecule has 6 nitrogen and oxygen atoms in total. The molecule has 1 aromatic carbocycles. The van der Waals surface area contributed by atoms with Crippen molar-refractivity contribution in [2.24, 2.45) is 0 Å². The van der Waals surface area contributed by atoms with Crippen LogP contribution in [0.1, 0.15) is 0 Å². The normalized spacial score (nSPS) is 12.5. The van der Waals surface area contributed by atoms with Gasteiger partial charge in [0.05, 0.1) is 4.90 Å². The number of hydrogen-bond donors (Lipinski definition) is 1. The minimum absolute atomic E-state index is 0.0139. The highest BCUT2D eigenvalue weighted by Gasteiger charge is 2.20. The number of nitrogens with zero attached hydrogens (tertiary/aromatic N) is 2. The Hall–Kier alpha value is -1.08. The van der Waals surface area contributed by atoms with E-state index in [2.05, 4.69) is 9.48 Å². The van der Waals surface area contributed by atoms with Crippen molar-refractivity contribution in [3.8, 4) is 5.69 Å². The first-order chi connectivity index (χ1) is 9.60. The minimum Gasteiger partial charge on any atom is -0.312 e. The van der Waals surface area contributed by atoms with Crippen molar-refractivity contribution in [3.63, 3.8) is 0 Å². The number of halogens is 1. The SMILES string of the molecule is [B]c1c(Cl)ncn1-c1ccc(S(=O)(=O)NP(C)(C)=O)cc1. The van der Waals surface area contributed by atoms with Gasteiger partial charge in [0.2, 0.25) is 10.0 Å². The number of sulfonamides is 1. The van der Waals surface area contributed by atoms with E-state index in [0.29, 0.717) is 5.69 Å². The predicted molar refractivity (Wildman–Crippen MR) is 83.7 cm³/mol. The van der Waals surface area contributed by atoms with Gasteiger partial charge in [-0.3, -0.25) is 0 Å². The van der Waals surface area contributed by atoms with Gasteiger partial charge >= 0.3 is 0 Å². The molecule has 1 aromatic heterocycles. The number of hydrogen-bond acceptors (Lipinski definition) is 4. The molecule has 2 rings (SSSR count). The van der Waals surface area contributed by atoms with Gasteiger partial charge in [-0.05, 0) is 24.3 Å². The Kier molecular flexibility index (Phi) is 4.35. The van der Waals surface area contributed by atoms with Crippen LogP contribution in [0.4, 0.5) is 0 Å². The summed E-state index contributed by atoms with van der Waals surface area (Å²) < 4.78 is 39.3. The Morgan fingerprint density at radius 2 is 1.86 bits per heavy atom. The number of benzene rings is 1. The molecule has 1 N–H and O–H groups in total. The van der Waals surface area contributed by atoms with E-state index in [-0.39, 0.29) is 15.6 Å². The highest BCUT2D eigenvalue weighted by atomic mass is 35.5. The molecule has 0 saturated heterocycles. The lowest BCUT2D eigenvalue weighted by molar-refractivity contribution is 0.572. The fourth-order valence-electron chi connectivity index (χ4n) is 1.67. The van der Waals surface area contributed by atoms with E-state index < -0.39 is 17.3 Å². The second-order valence-electron chi connectivity index (χ2n) is 4.73. The average Bonchev–Trinajstić information content (AvgIpc) is 2.67. The van der Waals surface area contributed by atoms with Gasteiger partial charge < -0.3 is 9.13 Å². The Bertz CT molecular complexity index is 814. The molecule has 10 heteroatoms. The van der Waals surface area contributed by atoms with Crippen LogP contribution in [0.15, 0.2) is 35.5 Å². The third-order valence-corrected chi connectivity index (χ3v) is 6.43. The van der Waals surface area contributed by atoms with Gasteiger partial charge in [-0.15, -0.1) is 0 Å². The van der Waals surface area contributed by atoms with Crippen molar-refractivity contribution in [3.05, 3.63) is 35.7 Å². The van der Waals surface area contributed by atoms with Crippen molar-refractivity contribution < 1.29 is 13.0 Å². The van der Waals surface area contributed by atoms with Crippen LogP contribution in [-0.2, 0) is 14.6 Å². The monoisotopic (exact) mass is 343 g/mol. The molecular formula is C11H12BClN3O3PS. The molecule has 0 saturated carbocycles. The molecule has 0 aliphatic heterocycles. The van der Waals surface area contributed by atoms with Crippen molar-refractivity contribution in [2.45, 2.75) is 4.90 Å². The Labute approximate surface area is 129 Å². The van der Waals surface area contributed by atoms with Crippen LogP contribution < -0.4 is 10.1 Å². The molecule has 0 bridgehead atoms. The van der Waals surface area contributed by atoms with Crippen LogP contribution in [0.2, 0.25) is 5.15 Å². The van der Waals surface area contributed by atoms with E-state index in [0.717, 1.165) is 0 Å². The lowest BCUT2D eigenvalue weighted by Crippen LogP contribution is -2.20. The van der Waals surface area contributed by atoms with Gasteiger partial charge in [-0.1, -0.05) is 11.6 Å². The van der Waals surface area contributed by atoms with E-state index in [9.17, 15) is 13.0 Å². The summed E-state index contributed by atoms with van der Waals surface area (Å²) in [6.07, 6.45) is 1.44. The maximum Gasteiger partial charge on any atom is 0.246 e. The first kappa shape index (κ1) is 16.3. The molecule has 0 spiro atoms. The zero-order chi connectivity index (χ0) is 15.8. The summed E-state index contributed by atoms with van der Waals surface area (Å²) in [6.45, 7) is 2.68. The maximum atomic E-state index is 12.0. The van der Waals surface area contributed by atoms with E-state index in [1.807, 2.05) is 0 Å². The second-order valence-corrected chi connectivity index (χ2v) is 10.00. The van der Waals surface area contributed by atoms with Crippen LogP contribution in [-0.4, -0.2) is 39.1 Å². The largest absolute Gasteiger partial charge is 0.312 e. The Balaban J connectivity index is 2.36. The van der Waals surface area contributed by atoms with Crippen LogP contribution in [0, 0.1) is 0 Å². The highest BCUT2D eigenvalue weighted by molar-refractivity contribution is 7.95. The third kappa shape index (κ3) is 3.77. The molecule has 1 heterocycles. The molecule has 0 atom stereocenters. The molecule has 0 aliphatic rings. The second kappa shape index (κ2) is 5.61. The molecular weight excluding hydrogens is 331 g/mol. The van der Waals surface area contributed by atoms with Crippen LogP contribution in [0.25, 0.3) is 5.69 Å². The summed E-state index contributed by atoms with van der Waals surface area (Å²) >= 11 is 5.76. The summed E-state index contributed by atoms with van der Waals surface area (Å²) in [4.78, 5) is 3.86. The van der Waals surface area contributed by atoms with Crippen molar-refractivity contribution >= 4 is 42.4 Å². The number of nitrogens with one attached hydrogen (secondary N) is 1. The van der Waals surface area contributed by atoms with Gasteiger partial charge in [-0.2, -0.15) is 4.49 Å². The summed E-state index contributed by atoms with van der Waals surface area (Å²) in [7, 11) is -0.992. The summed E-state index contributed by atoms with van der Waals surface area (Å²) in [5.41, 5.74) is 0.874.